The van der Waals surface area contributed by atoms with Crippen LogP contribution in [0.2, 0.25) is 0 Å². The highest BCUT2D eigenvalue weighted by molar-refractivity contribution is 6.58. The lowest BCUT2D eigenvalue weighted by atomic mass is 9.44. The van der Waals surface area contributed by atoms with E-state index in [2.05, 4.69) is 0 Å². The average molecular weight is 710 g/mol. The smallest absolute Gasteiger partial charge is 0.488 e. The number of Topliss-reactive ketones (excluding diaryl/α,β-unsaturated/α-hetero) is 1. The first-order valence-electron chi connectivity index (χ1n) is 17.5. The van der Waals surface area contributed by atoms with Gasteiger partial charge in [0.15, 0.2) is 11.6 Å². The third-order valence-corrected chi connectivity index (χ3v) is 11.6. The monoisotopic (exact) mass is 709 g/mol. The highest BCUT2D eigenvalue weighted by atomic mass is 16.5. The molecule has 4 aromatic rings. The Morgan fingerprint density at radius 3 is 2.09 bits per heavy atom. The predicted octanol–water partition coefficient (Wildman–Crippen LogP) is 4.12. The van der Waals surface area contributed by atoms with Gasteiger partial charge in [-0.15, -0.1) is 0 Å². The van der Waals surface area contributed by atoms with Crippen LogP contribution in [0.5, 0.6) is 17.2 Å². The Morgan fingerprint density at radius 2 is 1.45 bits per heavy atom. The maximum Gasteiger partial charge on any atom is 0.488 e. The van der Waals surface area contributed by atoms with Crippen LogP contribution in [-0.4, -0.2) is 59.9 Å². The Labute approximate surface area is 306 Å². The summed E-state index contributed by atoms with van der Waals surface area (Å²) in [4.78, 5) is 60.4. The summed E-state index contributed by atoms with van der Waals surface area (Å²) in [7, 11) is 1.10. The second kappa shape index (κ2) is 13.0. The minimum absolute atomic E-state index is 0.0953. The van der Waals surface area contributed by atoms with Crippen LogP contribution in [0.3, 0.4) is 0 Å². The lowest BCUT2D eigenvalue weighted by Gasteiger charge is -2.55. The lowest BCUT2D eigenvalue weighted by molar-refractivity contribution is -0.135. The van der Waals surface area contributed by atoms with Crippen LogP contribution >= 0.6 is 0 Å². The third kappa shape index (κ3) is 5.09. The molecular weight excluding hydrogens is 673 g/mol. The van der Waals surface area contributed by atoms with E-state index in [1.54, 1.807) is 36.4 Å². The van der Waals surface area contributed by atoms with E-state index in [-0.39, 0.29) is 58.4 Å². The number of methoxy groups -OCH3 is 2. The second-order valence-electron chi connectivity index (χ2n) is 14.0. The summed E-state index contributed by atoms with van der Waals surface area (Å²) in [5, 5.41) is 30.5. The molecule has 0 radical (unpaired) electrons. The molecule has 1 aliphatic heterocycles. The Balaban J connectivity index is 1.39. The van der Waals surface area contributed by atoms with E-state index in [4.69, 9.17) is 9.47 Å². The number of ketones is 2. The second-order valence-corrected chi connectivity index (χ2v) is 14.0. The molecule has 53 heavy (non-hydrogen) atoms. The van der Waals surface area contributed by atoms with E-state index in [0.717, 1.165) is 4.90 Å². The van der Waals surface area contributed by atoms with E-state index >= 15 is 9.59 Å². The number of phenols is 1. The summed E-state index contributed by atoms with van der Waals surface area (Å²) in [6.45, 7) is 0. The standard InChI is InChI=1S/C42H36BNO9/c1-52-33-19-27(45)20-34(53-2)37(33)38-28-16-17-29-36(41(49)44(40(29)48)26-15-9-14-25(18-26)43(50)51)31(28)21-32-39(47)30(23-10-5-3-6-11-23)22-35(46)42(32,38)24-12-7-4-8-13-24/h3-16,18-20,22,29,31-32,36,38,45,50-51H,17,21H2,1-2H3/t29-,31+,32-,36-,38+,42-/m0/s1. The first-order valence-corrected chi connectivity index (χ1v) is 17.5. The molecular formula is C42H36BNO9. The van der Waals surface area contributed by atoms with Gasteiger partial charge in [-0.05, 0) is 53.6 Å². The molecule has 2 fully saturated rings. The fraction of sp³-hybridized carbons (Fsp3) is 0.238. The molecule has 3 N–H and O–H groups in total. The molecule has 8 rings (SSSR count). The summed E-state index contributed by atoms with van der Waals surface area (Å²) in [5.41, 5.74) is 1.42. The van der Waals surface area contributed by atoms with Crippen molar-refractivity contribution in [3.63, 3.8) is 0 Å². The fourth-order valence-corrected chi connectivity index (χ4v) is 9.48. The zero-order valence-corrected chi connectivity index (χ0v) is 29.0. The normalized spacial score (nSPS) is 26.3. The number of anilines is 1. The van der Waals surface area contributed by atoms with Crippen LogP contribution in [0.25, 0.3) is 5.57 Å². The van der Waals surface area contributed by atoms with Crippen LogP contribution < -0.4 is 19.8 Å². The lowest BCUT2D eigenvalue weighted by Crippen LogP contribution is -2.59. The van der Waals surface area contributed by atoms with Crippen molar-refractivity contribution < 1.29 is 43.8 Å². The first kappa shape index (κ1) is 34.3. The summed E-state index contributed by atoms with van der Waals surface area (Å²) in [6.07, 6.45) is 3.65. The quantitative estimate of drug-likeness (QED) is 0.146. The summed E-state index contributed by atoms with van der Waals surface area (Å²) >= 11 is 0. The highest BCUT2D eigenvalue weighted by Gasteiger charge is 2.66. The zero-order chi connectivity index (χ0) is 37.2. The largest absolute Gasteiger partial charge is 0.508 e. The maximum absolute atomic E-state index is 15.3. The van der Waals surface area contributed by atoms with Crippen LogP contribution in [0.4, 0.5) is 5.69 Å². The SMILES string of the molecule is COc1cc(O)cc(OC)c1[C@H]1C2=CC[C@@H]3C(=O)N(c4cccc(B(O)O)c4)C(=O)[C@@H]3[C@@H]2C[C@H]2C(=O)C(c3ccccc3)=CC(=O)[C@@]12c1ccccc1. The third-order valence-electron chi connectivity index (χ3n) is 11.6. The van der Waals surface area contributed by atoms with Crippen molar-refractivity contribution in [3.8, 4) is 17.2 Å². The molecule has 0 spiro atoms. The van der Waals surface area contributed by atoms with Crippen LogP contribution in [0.1, 0.15) is 35.4 Å². The molecule has 1 heterocycles. The van der Waals surface area contributed by atoms with Gasteiger partial charge in [0.1, 0.15) is 17.2 Å². The number of hydrogen-bond acceptors (Lipinski definition) is 9. The Morgan fingerprint density at radius 1 is 0.792 bits per heavy atom. The number of benzene rings is 4. The predicted molar refractivity (Wildman–Crippen MR) is 197 cm³/mol. The number of rotatable bonds is 7. The molecule has 4 aromatic carbocycles. The molecule has 1 saturated carbocycles. The van der Waals surface area contributed by atoms with Gasteiger partial charge in [0.25, 0.3) is 0 Å². The van der Waals surface area contributed by atoms with E-state index < -0.39 is 53.9 Å². The van der Waals surface area contributed by atoms with Gasteiger partial charge in [-0.2, -0.15) is 0 Å². The molecule has 266 valence electrons. The number of hydrogen-bond donors (Lipinski definition) is 3. The molecule has 0 unspecified atom stereocenters. The molecule has 1 saturated heterocycles. The molecule has 0 aromatic heterocycles. The molecule has 4 aliphatic rings. The highest BCUT2D eigenvalue weighted by Crippen LogP contribution is 2.65. The van der Waals surface area contributed by atoms with Crippen molar-refractivity contribution in [2.45, 2.75) is 24.2 Å². The van der Waals surface area contributed by atoms with Crippen molar-refractivity contribution in [1.29, 1.82) is 0 Å². The van der Waals surface area contributed by atoms with Gasteiger partial charge in [-0.3, -0.25) is 24.1 Å². The minimum atomic E-state index is -1.81. The van der Waals surface area contributed by atoms with Gasteiger partial charge in [0.05, 0.1) is 37.2 Å². The Hall–Kier alpha value is -5.78. The molecule has 2 amide bonds. The number of imide groups is 1. The molecule has 6 atom stereocenters. The van der Waals surface area contributed by atoms with E-state index in [1.165, 1.54) is 44.6 Å². The van der Waals surface area contributed by atoms with Crippen molar-refractivity contribution in [1.82, 2.24) is 0 Å². The van der Waals surface area contributed by atoms with E-state index in [9.17, 15) is 24.7 Å². The number of allylic oxidation sites excluding steroid dienone is 4. The van der Waals surface area contributed by atoms with Crippen LogP contribution in [-0.2, 0) is 24.6 Å². The zero-order valence-electron chi connectivity index (χ0n) is 29.0. The van der Waals surface area contributed by atoms with Crippen LogP contribution in [0, 0.1) is 23.7 Å². The fourth-order valence-electron chi connectivity index (χ4n) is 9.48. The van der Waals surface area contributed by atoms with Crippen molar-refractivity contribution in [2.75, 3.05) is 19.1 Å². The first-order chi connectivity index (χ1) is 25.6. The molecule has 0 bridgehead atoms. The van der Waals surface area contributed by atoms with Gasteiger partial charge < -0.3 is 24.6 Å². The van der Waals surface area contributed by atoms with Crippen molar-refractivity contribution in [3.05, 3.63) is 131 Å². The van der Waals surface area contributed by atoms with Crippen LogP contribution in [0.15, 0.2) is 115 Å². The van der Waals surface area contributed by atoms with Gasteiger partial charge in [0, 0.05) is 35.1 Å². The summed E-state index contributed by atoms with van der Waals surface area (Å²) in [6, 6.07) is 27.1. The number of carbonyl (C=O) groups excluding carboxylic acids is 4. The number of phenolic OH excluding ortho intramolecular Hbond substituents is 1. The summed E-state index contributed by atoms with van der Waals surface area (Å²) < 4.78 is 11.8. The van der Waals surface area contributed by atoms with Gasteiger partial charge in [-0.25, -0.2) is 0 Å². The van der Waals surface area contributed by atoms with Crippen molar-refractivity contribution in [2.24, 2.45) is 23.7 Å². The number of carbonyl (C=O) groups is 4. The Kier molecular flexibility index (Phi) is 8.43. The van der Waals surface area contributed by atoms with E-state index in [0.29, 0.717) is 22.3 Å². The summed E-state index contributed by atoms with van der Waals surface area (Å²) in [5.74, 6) is -5.33. The molecule has 3 aliphatic carbocycles. The van der Waals surface area contributed by atoms with Crippen molar-refractivity contribution >= 4 is 47.2 Å². The number of fused-ring (bicyclic) bond motifs is 4. The topological polar surface area (TPSA) is 151 Å². The Bertz CT molecular complexity index is 2210. The van der Waals surface area contributed by atoms with Gasteiger partial charge in [0.2, 0.25) is 11.8 Å². The maximum atomic E-state index is 15.3. The number of amides is 2. The van der Waals surface area contributed by atoms with E-state index in [1.807, 2.05) is 42.5 Å². The molecule has 10 nitrogen and oxygen atoms in total. The number of aromatic hydroxyl groups is 1. The van der Waals surface area contributed by atoms with Gasteiger partial charge >= 0.3 is 7.12 Å². The molecule has 11 heteroatoms. The average Bonchev–Trinajstić information content (AvgIpc) is 3.44. The number of nitrogens with zero attached hydrogens (tertiary/aromatic N) is 1. The minimum Gasteiger partial charge on any atom is -0.508 e. The number of ether oxygens (including phenoxy) is 2. The van der Waals surface area contributed by atoms with Gasteiger partial charge in [-0.1, -0.05) is 84.4 Å².